The number of carboxylic acid groups (broad SMARTS) is 1. The molecule has 126 valence electrons. The normalized spacial score (nSPS) is 15.4. The Morgan fingerprint density at radius 3 is 2.52 bits per heavy atom. The van der Waals surface area contributed by atoms with E-state index in [1.54, 1.807) is 14.2 Å². The van der Waals surface area contributed by atoms with Gasteiger partial charge >= 0.3 is 5.97 Å². The highest BCUT2D eigenvalue weighted by Gasteiger charge is 2.45. The van der Waals surface area contributed by atoms with Gasteiger partial charge in [0, 0.05) is 13.0 Å². The maximum absolute atomic E-state index is 12.0. The molecule has 1 aliphatic carbocycles. The highest BCUT2D eigenvalue weighted by Crippen LogP contribution is 2.44. The van der Waals surface area contributed by atoms with Gasteiger partial charge in [-0.05, 0) is 43.0 Å². The molecule has 0 aliphatic heterocycles. The maximum Gasteiger partial charge on any atom is 0.310 e. The number of rotatable bonds is 8. The molecular weight excluding hydrogens is 298 g/mol. The van der Waals surface area contributed by atoms with Crippen molar-refractivity contribution in [3.63, 3.8) is 0 Å². The van der Waals surface area contributed by atoms with Crippen LogP contribution in [0.1, 0.15) is 31.2 Å². The van der Waals surface area contributed by atoms with Crippen molar-refractivity contribution in [3.8, 4) is 11.5 Å². The molecule has 1 aliphatic rings. The predicted molar refractivity (Wildman–Crippen MR) is 84.8 cm³/mol. The van der Waals surface area contributed by atoms with Gasteiger partial charge < -0.3 is 19.9 Å². The fourth-order valence-corrected chi connectivity index (χ4v) is 2.85. The summed E-state index contributed by atoms with van der Waals surface area (Å²) in [5, 5.41) is 12.1. The van der Waals surface area contributed by atoms with Gasteiger partial charge in [-0.1, -0.05) is 6.42 Å². The molecule has 0 saturated heterocycles. The summed E-state index contributed by atoms with van der Waals surface area (Å²) in [6, 6.07) is 5.51. The minimum absolute atomic E-state index is 0.0532. The molecule has 0 heterocycles. The second-order valence-electron chi connectivity index (χ2n) is 5.89. The fraction of sp³-hybridized carbons (Fsp3) is 0.529. The Morgan fingerprint density at radius 2 is 2.00 bits per heavy atom. The summed E-state index contributed by atoms with van der Waals surface area (Å²) in [6.07, 6.45) is 2.68. The zero-order valence-electron chi connectivity index (χ0n) is 13.6. The molecule has 1 amide bonds. The summed E-state index contributed by atoms with van der Waals surface area (Å²) in [4.78, 5) is 23.3. The third-order valence-electron chi connectivity index (χ3n) is 4.47. The molecule has 6 nitrogen and oxygen atoms in total. The Morgan fingerprint density at radius 1 is 1.26 bits per heavy atom. The molecule has 1 aromatic carbocycles. The van der Waals surface area contributed by atoms with Crippen molar-refractivity contribution in [1.82, 2.24) is 5.32 Å². The van der Waals surface area contributed by atoms with Crippen molar-refractivity contribution in [1.29, 1.82) is 0 Å². The van der Waals surface area contributed by atoms with E-state index in [0.717, 1.165) is 23.5 Å². The molecule has 1 fully saturated rings. The Balaban J connectivity index is 1.87. The first-order valence-corrected chi connectivity index (χ1v) is 7.72. The summed E-state index contributed by atoms with van der Waals surface area (Å²) in [5.41, 5.74) is 0.0846. The van der Waals surface area contributed by atoms with Gasteiger partial charge in [-0.25, -0.2) is 0 Å². The van der Waals surface area contributed by atoms with Crippen LogP contribution in [0.5, 0.6) is 11.5 Å². The number of aliphatic carboxylic acids is 1. The number of carbonyl (C=O) groups excluding carboxylic acids is 1. The lowest BCUT2D eigenvalue weighted by Crippen LogP contribution is -2.42. The minimum atomic E-state index is -0.867. The molecule has 1 aromatic rings. The summed E-state index contributed by atoms with van der Waals surface area (Å²) in [6.45, 7) is 0.429. The van der Waals surface area contributed by atoms with Gasteiger partial charge in [0.25, 0.3) is 0 Å². The standard InChI is InChI=1S/C17H23NO5/c1-22-13-4-5-14(23-2)12(10-13)6-9-18-15(19)11-17(16(20)21)7-3-8-17/h4-5,10H,3,6-9,11H2,1-2H3,(H,18,19)(H,20,21). The maximum atomic E-state index is 12.0. The summed E-state index contributed by atoms with van der Waals surface area (Å²) in [5.74, 6) is 0.384. The van der Waals surface area contributed by atoms with E-state index in [0.29, 0.717) is 25.8 Å². The fourth-order valence-electron chi connectivity index (χ4n) is 2.85. The lowest BCUT2D eigenvalue weighted by molar-refractivity contribution is -0.157. The Kier molecular flexibility index (Phi) is 5.47. The monoisotopic (exact) mass is 321 g/mol. The van der Waals surface area contributed by atoms with Crippen LogP contribution in [-0.4, -0.2) is 37.7 Å². The molecule has 0 radical (unpaired) electrons. The van der Waals surface area contributed by atoms with Crippen LogP contribution in [0.4, 0.5) is 0 Å². The van der Waals surface area contributed by atoms with E-state index >= 15 is 0 Å². The summed E-state index contributed by atoms with van der Waals surface area (Å²) in [7, 11) is 3.19. The molecule has 2 N–H and O–H groups in total. The van der Waals surface area contributed by atoms with Crippen molar-refractivity contribution >= 4 is 11.9 Å². The molecule has 0 aromatic heterocycles. The van der Waals surface area contributed by atoms with E-state index in [1.807, 2.05) is 18.2 Å². The Labute approximate surface area is 135 Å². The second-order valence-corrected chi connectivity index (χ2v) is 5.89. The lowest BCUT2D eigenvalue weighted by atomic mass is 9.66. The van der Waals surface area contributed by atoms with Crippen molar-refractivity contribution in [2.75, 3.05) is 20.8 Å². The SMILES string of the molecule is COc1ccc(OC)c(CCNC(=O)CC2(C(=O)O)CCC2)c1. The third kappa shape index (κ3) is 3.94. The highest BCUT2D eigenvalue weighted by atomic mass is 16.5. The smallest absolute Gasteiger partial charge is 0.310 e. The van der Waals surface area contributed by atoms with Gasteiger partial charge in [0.1, 0.15) is 11.5 Å². The third-order valence-corrected chi connectivity index (χ3v) is 4.47. The van der Waals surface area contributed by atoms with E-state index in [1.165, 1.54) is 0 Å². The van der Waals surface area contributed by atoms with Crippen molar-refractivity contribution < 1.29 is 24.2 Å². The van der Waals surface area contributed by atoms with Gasteiger partial charge in [0.2, 0.25) is 5.91 Å². The molecule has 0 spiro atoms. The molecule has 6 heteroatoms. The molecule has 0 unspecified atom stereocenters. The molecule has 0 bridgehead atoms. The highest BCUT2D eigenvalue weighted by molar-refractivity contribution is 5.85. The van der Waals surface area contributed by atoms with Gasteiger partial charge in [-0.2, -0.15) is 0 Å². The number of amides is 1. The Hall–Kier alpha value is -2.24. The minimum Gasteiger partial charge on any atom is -0.497 e. The number of hydrogen-bond acceptors (Lipinski definition) is 4. The van der Waals surface area contributed by atoms with Crippen molar-refractivity contribution in [2.24, 2.45) is 5.41 Å². The van der Waals surface area contributed by atoms with Gasteiger partial charge in [0.15, 0.2) is 0 Å². The van der Waals surface area contributed by atoms with Gasteiger partial charge in [-0.15, -0.1) is 0 Å². The zero-order valence-corrected chi connectivity index (χ0v) is 13.6. The average molecular weight is 321 g/mol. The number of benzene rings is 1. The number of methoxy groups -OCH3 is 2. The molecule has 0 atom stereocenters. The van der Waals surface area contributed by atoms with E-state index in [4.69, 9.17) is 9.47 Å². The largest absolute Gasteiger partial charge is 0.497 e. The van der Waals surface area contributed by atoms with Crippen LogP contribution < -0.4 is 14.8 Å². The average Bonchev–Trinajstić information content (AvgIpc) is 2.50. The number of carbonyl (C=O) groups is 2. The van der Waals surface area contributed by atoms with E-state index < -0.39 is 11.4 Å². The first-order valence-electron chi connectivity index (χ1n) is 7.72. The van der Waals surface area contributed by atoms with Crippen molar-refractivity contribution in [3.05, 3.63) is 23.8 Å². The van der Waals surface area contributed by atoms with Crippen molar-refractivity contribution in [2.45, 2.75) is 32.1 Å². The molecule has 1 saturated carbocycles. The topological polar surface area (TPSA) is 84.9 Å². The summed E-state index contributed by atoms with van der Waals surface area (Å²) >= 11 is 0. The predicted octanol–water partition coefficient (Wildman–Crippen LogP) is 2.01. The van der Waals surface area contributed by atoms with Gasteiger partial charge in [0.05, 0.1) is 19.6 Å². The number of nitrogens with one attached hydrogen (secondary N) is 1. The number of ether oxygens (including phenoxy) is 2. The quantitative estimate of drug-likeness (QED) is 0.765. The Bertz CT molecular complexity index is 580. The van der Waals surface area contributed by atoms with Gasteiger partial charge in [-0.3, -0.25) is 9.59 Å². The lowest BCUT2D eigenvalue weighted by Gasteiger charge is -2.36. The molecular formula is C17H23NO5. The van der Waals surface area contributed by atoms with Crippen LogP contribution in [0.15, 0.2) is 18.2 Å². The number of carboxylic acids is 1. The first kappa shape index (κ1) is 17.1. The van der Waals surface area contributed by atoms with Crippen LogP contribution in [0.3, 0.4) is 0 Å². The summed E-state index contributed by atoms with van der Waals surface area (Å²) < 4.78 is 10.5. The van der Waals surface area contributed by atoms with Crippen LogP contribution >= 0.6 is 0 Å². The van der Waals surface area contributed by atoms with E-state index in [-0.39, 0.29) is 12.3 Å². The van der Waals surface area contributed by atoms with Crippen LogP contribution in [-0.2, 0) is 16.0 Å². The number of hydrogen-bond donors (Lipinski definition) is 2. The second kappa shape index (κ2) is 7.35. The van der Waals surface area contributed by atoms with Crippen LogP contribution in [0.2, 0.25) is 0 Å². The molecule has 2 rings (SSSR count). The van der Waals surface area contributed by atoms with E-state index in [9.17, 15) is 14.7 Å². The first-order chi connectivity index (χ1) is 11.0. The van der Waals surface area contributed by atoms with Crippen LogP contribution in [0.25, 0.3) is 0 Å². The molecule has 23 heavy (non-hydrogen) atoms. The van der Waals surface area contributed by atoms with E-state index in [2.05, 4.69) is 5.32 Å². The zero-order chi connectivity index (χ0) is 16.9. The van der Waals surface area contributed by atoms with Crippen LogP contribution in [0, 0.1) is 5.41 Å².